The average Bonchev–Trinajstić information content (AvgIpc) is 3.49. The normalized spacial score (nSPS) is 10.3. The summed E-state index contributed by atoms with van der Waals surface area (Å²) in [5, 5.41) is 3.55. The van der Waals surface area contributed by atoms with Gasteiger partial charge in [-0.05, 0) is 41.9 Å². The molecular formula is C38H27IrN4. The van der Waals surface area contributed by atoms with Crippen LogP contribution in [0.25, 0.3) is 49.8 Å². The van der Waals surface area contributed by atoms with Gasteiger partial charge in [0.25, 0.3) is 0 Å². The third kappa shape index (κ3) is 6.92. The summed E-state index contributed by atoms with van der Waals surface area (Å²) in [6.07, 6.45) is 5.66. The molecular weight excluding hydrogens is 705 g/mol. The maximum absolute atomic E-state index is 4.62. The van der Waals surface area contributed by atoms with Crippen LogP contribution in [0.2, 0.25) is 0 Å². The maximum atomic E-state index is 4.62. The Labute approximate surface area is 265 Å². The molecule has 0 atom stereocenters. The molecule has 0 unspecified atom stereocenters. The number of para-hydroxylation sites is 1. The smallest absolute Gasteiger partial charge is 0.340 e. The molecule has 5 heteroatoms. The Balaban J connectivity index is 0.000000131. The molecule has 43 heavy (non-hydrogen) atoms. The zero-order chi connectivity index (χ0) is 28.6. The number of aryl methyl sites for hydroxylation is 1. The molecule has 0 fully saturated rings. The quantitative estimate of drug-likeness (QED) is 0.132. The Kier molecular flexibility index (Phi) is 9.81. The first-order chi connectivity index (χ1) is 20.8. The number of benzene rings is 4. The van der Waals surface area contributed by atoms with Gasteiger partial charge in [0, 0.05) is 29.8 Å². The topological polar surface area (TPSA) is 43.1 Å². The van der Waals surface area contributed by atoms with Crippen molar-refractivity contribution in [3.63, 3.8) is 0 Å². The molecule has 0 amide bonds. The fraction of sp³-hybridized carbons (Fsp3) is 0.0263. The van der Waals surface area contributed by atoms with Crippen LogP contribution >= 0.6 is 0 Å². The predicted octanol–water partition coefficient (Wildman–Crippen LogP) is 8.84. The first-order valence-corrected chi connectivity index (χ1v) is 13.7. The van der Waals surface area contributed by atoms with Crippen molar-refractivity contribution in [3.05, 3.63) is 170 Å². The van der Waals surface area contributed by atoms with E-state index in [0.717, 1.165) is 39.2 Å². The number of aromatic nitrogens is 4. The van der Waals surface area contributed by atoms with Crippen LogP contribution in [-0.2, 0) is 20.1 Å². The van der Waals surface area contributed by atoms with Crippen molar-refractivity contribution < 1.29 is 20.1 Å². The Morgan fingerprint density at radius 3 is 1.70 bits per heavy atom. The van der Waals surface area contributed by atoms with E-state index in [1.165, 1.54) is 16.3 Å². The van der Waals surface area contributed by atoms with Crippen molar-refractivity contribution >= 4 is 27.3 Å². The van der Waals surface area contributed by atoms with Crippen LogP contribution in [0.4, 0.5) is 0 Å². The second-order valence-electron chi connectivity index (χ2n) is 9.53. The summed E-state index contributed by atoms with van der Waals surface area (Å²) in [6, 6.07) is 51.5. The van der Waals surface area contributed by atoms with Gasteiger partial charge in [0.05, 0.1) is 5.65 Å². The summed E-state index contributed by atoms with van der Waals surface area (Å²) in [6.45, 7) is 2.02. The van der Waals surface area contributed by atoms with E-state index >= 15 is 0 Å². The van der Waals surface area contributed by atoms with Gasteiger partial charge < -0.3 is 14.4 Å². The monoisotopic (exact) mass is 732 g/mol. The van der Waals surface area contributed by atoms with Crippen LogP contribution in [0.1, 0.15) is 5.69 Å². The van der Waals surface area contributed by atoms with E-state index in [2.05, 4.69) is 74.1 Å². The third-order valence-corrected chi connectivity index (χ3v) is 6.66. The van der Waals surface area contributed by atoms with Crippen LogP contribution in [0.5, 0.6) is 0 Å². The molecule has 0 spiro atoms. The van der Waals surface area contributed by atoms with Crippen molar-refractivity contribution in [2.45, 2.75) is 6.92 Å². The van der Waals surface area contributed by atoms with Crippen LogP contribution < -0.4 is 0 Å². The van der Waals surface area contributed by atoms with E-state index in [-0.39, 0.29) is 20.1 Å². The van der Waals surface area contributed by atoms with Gasteiger partial charge in [-0.3, -0.25) is 4.98 Å². The van der Waals surface area contributed by atoms with E-state index in [4.69, 9.17) is 0 Å². The van der Waals surface area contributed by atoms with Crippen molar-refractivity contribution in [2.75, 3.05) is 0 Å². The molecule has 4 aromatic heterocycles. The van der Waals surface area contributed by atoms with E-state index < -0.39 is 0 Å². The molecule has 4 aromatic carbocycles. The van der Waals surface area contributed by atoms with Gasteiger partial charge in [-0.25, -0.2) is 0 Å². The predicted molar refractivity (Wildman–Crippen MR) is 171 cm³/mol. The molecule has 0 aliphatic carbocycles. The molecule has 8 rings (SSSR count). The second kappa shape index (κ2) is 14.3. The number of rotatable bonds is 2. The molecule has 0 aliphatic rings. The van der Waals surface area contributed by atoms with Crippen LogP contribution in [-0.4, -0.2) is 19.4 Å². The van der Waals surface area contributed by atoms with Gasteiger partial charge in [0.1, 0.15) is 0 Å². The van der Waals surface area contributed by atoms with Crippen LogP contribution in [0.3, 0.4) is 0 Å². The number of hydrogen-bond donors (Lipinski definition) is 0. The Morgan fingerprint density at radius 1 is 0.558 bits per heavy atom. The average molecular weight is 732 g/mol. The first-order valence-electron chi connectivity index (χ1n) is 13.7. The summed E-state index contributed by atoms with van der Waals surface area (Å²) in [7, 11) is 0. The molecule has 4 heterocycles. The van der Waals surface area contributed by atoms with Gasteiger partial charge in [0.2, 0.25) is 0 Å². The van der Waals surface area contributed by atoms with Crippen molar-refractivity contribution in [1.82, 2.24) is 19.4 Å². The molecule has 8 aromatic rings. The largest absolute Gasteiger partial charge is 3.00 e. The standard InChI is InChI=1S/C16H11N2.2C11H8N.Ir/c1-11-10-18-15-9-5-4-7-13(15)12-6-2-3-8-14(12)16(18)17-11;2*1-2-6-10(7-3-1)11-8-4-5-9-12-11;/h2-7,9-10H,1H3;2*1-6,8-9H;/q3*-1;+3. The van der Waals surface area contributed by atoms with E-state index in [1.54, 1.807) is 12.4 Å². The zero-order valence-electron chi connectivity index (χ0n) is 23.5. The van der Waals surface area contributed by atoms with E-state index in [9.17, 15) is 0 Å². The first kappa shape index (κ1) is 29.5. The minimum atomic E-state index is 0. The fourth-order valence-electron chi connectivity index (χ4n) is 4.77. The Hall–Kier alpha value is -4.96. The maximum Gasteiger partial charge on any atom is 3.00 e. The van der Waals surface area contributed by atoms with Gasteiger partial charge >= 0.3 is 20.1 Å². The van der Waals surface area contributed by atoms with Crippen LogP contribution in [0.15, 0.2) is 146 Å². The summed E-state index contributed by atoms with van der Waals surface area (Å²) >= 11 is 0. The summed E-state index contributed by atoms with van der Waals surface area (Å²) in [5.74, 6) is 0. The van der Waals surface area contributed by atoms with Gasteiger partial charge in [-0.1, -0.05) is 47.9 Å². The third-order valence-electron chi connectivity index (χ3n) is 6.66. The van der Waals surface area contributed by atoms with Crippen molar-refractivity contribution in [2.24, 2.45) is 0 Å². The minimum Gasteiger partial charge on any atom is -0.340 e. The number of fused-ring (bicyclic) bond motifs is 6. The Bertz CT molecular complexity index is 1800. The zero-order valence-corrected chi connectivity index (χ0v) is 25.9. The molecule has 0 radical (unpaired) electrons. The molecule has 4 nitrogen and oxygen atoms in total. The summed E-state index contributed by atoms with van der Waals surface area (Å²) in [4.78, 5) is 13.1. The molecule has 0 bridgehead atoms. The molecule has 0 saturated heterocycles. The Morgan fingerprint density at radius 2 is 1.12 bits per heavy atom. The number of nitrogens with zero attached hydrogens (tertiary/aromatic N) is 4. The van der Waals surface area contributed by atoms with E-state index in [0.29, 0.717) is 0 Å². The van der Waals surface area contributed by atoms with E-state index in [1.807, 2.05) is 104 Å². The number of pyridine rings is 3. The van der Waals surface area contributed by atoms with Crippen LogP contribution in [0, 0.1) is 25.1 Å². The SMILES string of the molecule is Cc1cn2c3ccccc3c3ccc[c-]c3c2n1.[Ir+3].[c-]1ccccc1-c1ccccn1.[c-]1ccccc1-c1ccccn1. The van der Waals surface area contributed by atoms with Gasteiger partial charge in [-0.2, -0.15) is 0 Å². The fourth-order valence-corrected chi connectivity index (χ4v) is 4.77. The van der Waals surface area contributed by atoms with Gasteiger partial charge in [0.15, 0.2) is 0 Å². The summed E-state index contributed by atoms with van der Waals surface area (Å²) in [5.41, 5.74) is 7.24. The molecule has 208 valence electrons. The molecule has 0 aliphatic heterocycles. The minimum absolute atomic E-state index is 0. The number of imidazole rings is 1. The van der Waals surface area contributed by atoms with Crippen molar-refractivity contribution in [3.8, 4) is 22.5 Å². The number of hydrogen-bond acceptors (Lipinski definition) is 3. The van der Waals surface area contributed by atoms with Gasteiger partial charge in [-0.15, -0.1) is 101 Å². The van der Waals surface area contributed by atoms with Crippen molar-refractivity contribution in [1.29, 1.82) is 0 Å². The molecule has 0 saturated carbocycles. The summed E-state index contributed by atoms with van der Waals surface area (Å²) < 4.78 is 2.16. The second-order valence-corrected chi connectivity index (χ2v) is 9.53. The molecule has 0 N–H and O–H groups in total.